The number of aryl methyl sites for hydroxylation is 1. The lowest BCUT2D eigenvalue weighted by Gasteiger charge is -2.19. The lowest BCUT2D eigenvalue weighted by Crippen LogP contribution is -2.13. The number of nitrogens with one attached hydrogen (secondary N) is 1. The molecule has 0 radical (unpaired) electrons. The van der Waals surface area contributed by atoms with E-state index < -0.39 is 0 Å². The molecule has 1 amide bonds. The van der Waals surface area contributed by atoms with Crippen LogP contribution in [0.2, 0.25) is 0 Å². The number of aromatic nitrogens is 1. The lowest BCUT2D eigenvalue weighted by molar-refractivity contribution is -0.116. The maximum atomic E-state index is 12.4. The van der Waals surface area contributed by atoms with Crippen molar-refractivity contribution < 1.29 is 4.79 Å². The summed E-state index contributed by atoms with van der Waals surface area (Å²) in [6, 6.07) is 14.9. The normalized spacial score (nSPS) is 12.4. The fraction of sp³-hybridized carbons (Fsp3) is 0.417. The molecule has 0 bridgehead atoms. The molecule has 0 aliphatic heterocycles. The summed E-state index contributed by atoms with van der Waals surface area (Å²) in [5.41, 5.74) is 4.96. The third-order valence-electron chi connectivity index (χ3n) is 4.96. The van der Waals surface area contributed by atoms with Crippen molar-refractivity contribution in [1.82, 2.24) is 4.98 Å². The van der Waals surface area contributed by atoms with Gasteiger partial charge < -0.3 is 5.32 Å². The van der Waals surface area contributed by atoms with Gasteiger partial charge in [-0.25, -0.2) is 4.98 Å². The summed E-state index contributed by atoms with van der Waals surface area (Å²) in [7, 11) is 0. The number of hydrogen-bond donors (Lipinski definition) is 1. The summed E-state index contributed by atoms with van der Waals surface area (Å²) in [6.07, 6.45) is 1.19. The molecule has 3 rings (SSSR count). The summed E-state index contributed by atoms with van der Waals surface area (Å²) in [5, 5.41) is 3.64. The van der Waals surface area contributed by atoms with E-state index in [4.69, 9.17) is 0 Å². The SMILES string of the molecule is CC(C)(C)c1ccc(CCC(=O)Nc2nc3ccc(C(C)(C)C)cc3s2)cc1. The summed E-state index contributed by atoms with van der Waals surface area (Å²) < 4.78 is 1.11. The van der Waals surface area contributed by atoms with Crippen LogP contribution in [0.15, 0.2) is 42.5 Å². The van der Waals surface area contributed by atoms with Gasteiger partial charge in [0.1, 0.15) is 0 Å². The van der Waals surface area contributed by atoms with Gasteiger partial charge in [-0.05, 0) is 46.1 Å². The van der Waals surface area contributed by atoms with Crippen LogP contribution in [0.4, 0.5) is 5.13 Å². The summed E-state index contributed by atoms with van der Waals surface area (Å²) >= 11 is 1.54. The molecular weight excluding hydrogens is 364 g/mol. The van der Waals surface area contributed by atoms with Crippen LogP contribution in [0.5, 0.6) is 0 Å². The molecule has 0 aliphatic rings. The molecule has 148 valence electrons. The molecule has 0 saturated carbocycles. The van der Waals surface area contributed by atoms with Crippen molar-refractivity contribution in [1.29, 1.82) is 0 Å². The summed E-state index contributed by atoms with van der Waals surface area (Å²) in [5.74, 6) is 0.00926. The average molecular weight is 395 g/mol. The zero-order chi connectivity index (χ0) is 20.5. The van der Waals surface area contributed by atoms with Crippen molar-refractivity contribution in [3.63, 3.8) is 0 Å². The number of fused-ring (bicyclic) bond motifs is 1. The number of hydrogen-bond acceptors (Lipinski definition) is 3. The zero-order valence-corrected chi connectivity index (χ0v) is 18.5. The largest absolute Gasteiger partial charge is 0.302 e. The van der Waals surface area contributed by atoms with Gasteiger partial charge in [0.25, 0.3) is 0 Å². The predicted molar refractivity (Wildman–Crippen MR) is 120 cm³/mol. The molecule has 1 N–H and O–H groups in total. The van der Waals surface area contributed by atoms with Crippen molar-refractivity contribution in [3.05, 3.63) is 59.2 Å². The van der Waals surface area contributed by atoms with Crippen LogP contribution in [0.25, 0.3) is 10.2 Å². The molecule has 1 aromatic heterocycles. The van der Waals surface area contributed by atoms with E-state index in [1.165, 1.54) is 28.0 Å². The van der Waals surface area contributed by atoms with E-state index in [2.05, 4.69) is 88.2 Å². The van der Waals surface area contributed by atoms with E-state index in [1.807, 2.05) is 6.07 Å². The van der Waals surface area contributed by atoms with Gasteiger partial charge in [-0.2, -0.15) is 0 Å². The first-order valence-corrected chi connectivity index (χ1v) is 10.6. The monoisotopic (exact) mass is 394 g/mol. The van der Waals surface area contributed by atoms with Gasteiger partial charge in [-0.3, -0.25) is 4.79 Å². The molecule has 4 heteroatoms. The fourth-order valence-corrected chi connectivity index (χ4v) is 3.98. The first kappa shape index (κ1) is 20.5. The van der Waals surface area contributed by atoms with Gasteiger partial charge in [-0.1, -0.05) is 83.2 Å². The predicted octanol–water partition coefficient (Wildman–Crippen LogP) is 6.46. The molecule has 0 fully saturated rings. The number of anilines is 1. The van der Waals surface area contributed by atoms with E-state index in [1.54, 1.807) is 0 Å². The number of rotatable bonds is 4. The second kappa shape index (κ2) is 7.67. The molecule has 0 spiro atoms. The van der Waals surface area contributed by atoms with Crippen LogP contribution in [-0.2, 0) is 22.0 Å². The Labute approximate surface area is 172 Å². The Kier molecular flexibility index (Phi) is 5.62. The van der Waals surface area contributed by atoms with E-state index in [9.17, 15) is 4.79 Å². The van der Waals surface area contributed by atoms with Gasteiger partial charge in [0, 0.05) is 6.42 Å². The van der Waals surface area contributed by atoms with Crippen molar-refractivity contribution in [3.8, 4) is 0 Å². The molecular formula is C24H30N2OS. The number of benzene rings is 2. The van der Waals surface area contributed by atoms with Gasteiger partial charge >= 0.3 is 0 Å². The highest BCUT2D eigenvalue weighted by atomic mass is 32.1. The third-order valence-corrected chi connectivity index (χ3v) is 5.90. The molecule has 0 saturated heterocycles. The van der Waals surface area contributed by atoms with E-state index in [-0.39, 0.29) is 16.7 Å². The Hall–Kier alpha value is -2.20. The van der Waals surface area contributed by atoms with E-state index in [0.29, 0.717) is 11.6 Å². The van der Waals surface area contributed by atoms with Gasteiger partial charge in [-0.15, -0.1) is 0 Å². The molecule has 1 heterocycles. The van der Waals surface area contributed by atoms with Gasteiger partial charge in [0.2, 0.25) is 5.91 Å². The smallest absolute Gasteiger partial charge is 0.226 e. The molecule has 3 aromatic rings. The molecule has 3 nitrogen and oxygen atoms in total. The number of thiazole rings is 1. The Morgan fingerprint density at radius 1 is 0.929 bits per heavy atom. The minimum atomic E-state index is 0.00926. The molecule has 2 aromatic carbocycles. The Morgan fingerprint density at radius 2 is 1.54 bits per heavy atom. The van der Waals surface area contributed by atoms with Crippen LogP contribution < -0.4 is 5.32 Å². The number of carbonyl (C=O) groups excluding carboxylic acids is 1. The average Bonchev–Trinajstić information content (AvgIpc) is 3.00. The third kappa shape index (κ3) is 4.99. The molecule has 0 atom stereocenters. The van der Waals surface area contributed by atoms with Crippen LogP contribution in [0.3, 0.4) is 0 Å². The van der Waals surface area contributed by atoms with Crippen molar-refractivity contribution in [2.75, 3.05) is 5.32 Å². The Balaban J connectivity index is 1.61. The first-order valence-electron chi connectivity index (χ1n) is 9.83. The molecule has 0 unspecified atom stereocenters. The number of nitrogens with zero attached hydrogens (tertiary/aromatic N) is 1. The zero-order valence-electron chi connectivity index (χ0n) is 17.7. The summed E-state index contributed by atoms with van der Waals surface area (Å²) in [6.45, 7) is 13.2. The van der Waals surface area contributed by atoms with Crippen LogP contribution in [0, 0.1) is 0 Å². The minimum Gasteiger partial charge on any atom is -0.302 e. The van der Waals surface area contributed by atoms with Crippen LogP contribution in [0.1, 0.15) is 64.7 Å². The van der Waals surface area contributed by atoms with Crippen molar-refractivity contribution in [2.45, 2.75) is 65.2 Å². The highest BCUT2D eigenvalue weighted by molar-refractivity contribution is 7.22. The standard InChI is InChI=1S/C24H30N2OS/c1-23(2,3)17-10-7-16(8-11-17)9-14-21(27)26-22-25-19-13-12-18(24(4,5)6)15-20(19)28-22/h7-8,10-13,15H,9,14H2,1-6H3,(H,25,26,27). The lowest BCUT2D eigenvalue weighted by atomic mass is 9.86. The Morgan fingerprint density at radius 3 is 2.14 bits per heavy atom. The van der Waals surface area contributed by atoms with Crippen LogP contribution in [-0.4, -0.2) is 10.9 Å². The second-order valence-electron chi connectivity index (χ2n) is 9.45. The van der Waals surface area contributed by atoms with Gasteiger partial charge in [0.15, 0.2) is 5.13 Å². The maximum absolute atomic E-state index is 12.4. The summed E-state index contributed by atoms with van der Waals surface area (Å²) in [4.78, 5) is 16.9. The first-order chi connectivity index (χ1) is 13.0. The van der Waals surface area contributed by atoms with E-state index >= 15 is 0 Å². The van der Waals surface area contributed by atoms with Gasteiger partial charge in [0.05, 0.1) is 10.2 Å². The molecule has 0 aliphatic carbocycles. The topological polar surface area (TPSA) is 42.0 Å². The quantitative estimate of drug-likeness (QED) is 0.551. The minimum absolute atomic E-state index is 0.00926. The highest BCUT2D eigenvalue weighted by Gasteiger charge is 2.16. The Bertz CT molecular complexity index is 972. The second-order valence-corrected chi connectivity index (χ2v) is 10.5. The number of carbonyl (C=O) groups is 1. The maximum Gasteiger partial charge on any atom is 0.226 e. The van der Waals surface area contributed by atoms with Crippen molar-refractivity contribution >= 4 is 32.6 Å². The van der Waals surface area contributed by atoms with Crippen molar-refractivity contribution in [2.24, 2.45) is 0 Å². The molecule has 28 heavy (non-hydrogen) atoms. The highest BCUT2D eigenvalue weighted by Crippen LogP contribution is 2.31. The van der Waals surface area contributed by atoms with E-state index in [0.717, 1.165) is 16.6 Å². The van der Waals surface area contributed by atoms with Crippen LogP contribution >= 0.6 is 11.3 Å². The fourth-order valence-electron chi connectivity index (χ4n) is 3.06. The number of amides is 1.